The number of rotatable bonds is 5. The van der Waals surface area contributed by atoms with Crippen LogP contribution in [-0.2, 0) is 0 Å². The zero-order valence-corrected chi connectivity index (χ0v) is 17.6. The monoisotopic (exact) mass is 425 g/mol. The number of fused-ring (bicyclic) bond motifs is 1. The predicted octanol–water partition coefficient (Wildman–Crippen LogP) is 6.51. The van der Waals surface area contributed by atoms with Gasteiger partial charge in [0.15, 0.2) is 0 Å². The molecule has 0 aliphatic carbocycles. The van der Waals surface area contributed by atoms with Crippen molar-refractivity contribution in [3.05, 3.63) is 95.9 Å². The molecule has 0 bridgehead atoms. The molecule has 0 spiro atoms. The van der Waals surface area contributed by atoms with Crippen LogP contribution in [-0.4, -0.2) is 19.9 Å². The van der Waals surface area contributed by atoms with Gasteiger partial charge in [-0.25, -0.2) is 4.98 Å². The molecule has 0 saturated heterocycles. The van der Waals surface area contributed by atoms with Gasteiger partial charge in [0.1, 0.15) is 0 Å². The van der Waals surface area contributed by atoms with Gasteiger partial charge in [-0.05, 0) is 55.0 Å². The van der Waals surface area contributed by atoms with Crippen molar-refractivity contribution >= 4 is 28.6 Å². The van der Waals surface area contributed by atoms with Crippen molar-refractivity contribution in [2.24, 2.45) is 0 Å². The van der Waals surface area contributed by atoms with E-state index in [0.29, 0.717) is 0 Å². The molecule has 152 valence electrons. The lowest BCUT2D eigenvalue weighted by Crippen LogP contribution is -2.09. The van der Waals surface area contributed by atoms with E-state index in [1.165, 1.54) is 0 Å². The fourth-order valence-electron chi connectivity index (χ4n) is 3.53. The Bertz CT molecular complexity index is 1310. The quantitative estimate of drug-likeness (QED) is 0.336. The number of nitrogens with zero attached hydrogens (tertiary/aromatic N) is 3. The molecule has 6 heteroatoms. The van der Waals surface area contributed by atoms with Crippen LogP contribution in [0.2, 0.25) is 5.02 Å². The Morgan fingerprint density at radius 2 is 1.68 bits per heavy atom. The molecule has 2 N–H and O–H groups in total. The Hall–Kier alpha value is -3.70. The fraction of sp³-hybridized carbons (Fsp3) is 0.0800. The summed E-state index contributed by atoms with van der Waals surface area (Å²) in [6.07, 6.45) is 3.68. The molecule has 1 unspecified atom stereocenters. The highest BCUT2D eigenvalue weighted by atomic mass is 35.5. The molecule has 1 atom stereocenters. The van der Waals surface area contributed by atoms with Crippen molar-refractivity contribution in [3.63, 3.8) is 0 Å². The van der Waals surface area contributed by atoms with Crippen LogP contribution >= 0.6 is 11.6 Å². The third kappa shape index (κ3) is 4.13. The summed E-state index contributed by atoms with van der Waals surface area (Å²) in [5.74, 6) is 0.719. The van der Waals surface area contributed by atoms with Gasteiger partial charge in [0.2, 0.25) is 5.95 Å². The summed E-state index contributed by atoms with van der Waals surface area (Å²) < 4.78 is 0. The van der Waals surface area contributed by atoms with Crippen LogP contribution in [0.4, 0.5) is 5.95 Å². The molecule has 2 aromatic carbocycles. The van der Waals surface area contributed by atoms with E-state index >= 15 is 0 Å². The minimum atomic E-state index is 0.0447. The molecule has 5 nitrogen and oxygen atoms in total. The molecule has 5 aromatic rings. The number of nitrogens with one attached hydrogen (secondary N) is 2. The van der Waals surface area contributed by atoms with E-state index in [-0.39, 0.29) is 6.04 Å². The first-order chi connectivity index (χ1) is 15.2. The Morgan fingerprint density at radius 1 is 0.871 bits per heavy atom. The minimum absolute atomic E-state index is 0.0447. The number of pyridine rings is 2. The van der Waals surface area contributed by atoms with Crippen LogP contribution in [0.15, 0.2) is 85.2 Å². The van der Waals surface area contributed by atoms with Gasteiger partial charge in [0, 0.05) is 28.5 Å². The molecule has 0 aliphatic rings. The van der Waals surface area contributed by atoms with Gasteiger partial charge in [-0.2, -0.15) is 0 Å². The molecule has 31 heavy (non-hydrogen) atoms. The van der Waals surface area contributed by atoms with Crippen molar-refractivity contribution in [3.8, 4) is 22.4 Å². The van der Waals surface area contributed by atoms with Crippen LogP contribution in [0, 0.1) is 0 Å². The van der Waals surface area contributed by atoms with E-state index in [2.05, 4.69) is 44.3 Å². The number of aromatic amines is 1. The number of benzene rings is 2. The van der Waals surface area contributed by atoms with Gasteiger partial charge in [0.25, 0.3) is 0 Å². The molecular weight excluding hydrogens is 406 g/mol. The van der Waals surface area contributed by atoms with Crippen molar-refractivity contribution in [2.45, 2.75) is 13.0 Å². The second kappa shape index (κ2) is 8.20. The van der Waals surface area contributed by atoms with Gasteiger partial charge in [-0.3, -0.25) is 9.97 Å². The van der Waals surface area contributed by atoms with Crippen LogP contribution in [0.3, 0.4) is 0 Å². The summed E-state index contributed by atoms with van der Waals surface area (Å²) in [4.78, 5) is 17.1. The Kier molecular flexibility index (Phi) is 5.10. The van der Waals surface area contributed by atoms with Crippen molar-refractivity contribution in [2.75, 3.05) is 5.32 Å². The van der Waals surface area contributed by atoms with E-state index in [1.807, 2.05) is 66.9 Å². The molecule has 0 aliphatic heterocycles. The number of halogens is 1. The normalized spacial score (nSPS) is 12.1. The highest BCUT2D eigenvalue weighted by molar-refractivity contribution is 6.30. The molecule has 0 fully saturated rings. The smallest absolute Gasteiger partial charge is 0.201 e. The molecule has 3 aromatic heterocycles. The van der Waals surface area contributed by atoms with E-state index in [9.17, 15) is 0 Å². The SMILES string of the molecule is CC(Nc1nc2ccc(-c3ccc(-c4ccc(Cl)cc4)cn3)cc2[nH]1)c1ccccn1. The van der Waals surface area contributed by atoms with Gasteiger partial charge in [-0.1, -0.05) is 41.9 Å². The first-order valence-corrected chi connectivity index (χ1v) is 10.4. The van der Waals surface area contributed by atoms with Crippen LogP contribution in [0.5, 0.6) is 0 Å². The van der Waals surface area contributed by atoms with E-state index in [1.54, 1.807) is 6.20 Å². The standard InChI is InChI=1S/C25H20ClN5/c1-16(21-4-2-3-13-27-21)29-25-30-23-12-7-18(14-24(23)31-25)22-11-8-19(15-28-22)17-5-9-20(26)10-6-17/h2-16H,1H3,(H2,29,30,31). The molecule has 0 saturated carbocycles. The zero-order chi connectivity index (χ0) is 21.2. The van der Waals surface area contributed by atoms with Gasteiger partial charge in [-0.15, -0.1) is 0 Å². The molecular formula is C25H20ClN5. The number of hydrogen-bond donors (Lipinski definition) is 2. The first-order valence-electron chi connectivity index (χ1n) is 10.1. The van der Waals surface area contributed by atoms with E-state index < -0.39 is 0 Å². The average molecular weight is 426 g/mol. The fourth-order valence-corrected chi connectivity index (χ4v) is 3.65. The second-order valence-electron chi connectivity index (χ2n) is 7.38. The number of anilines is 1. The first kappa shape index (κ1) is 19.3. The summed E-state index contributed by atoms with van der Waals surface area (Å²) >= 11 is 5.98. The largest absolute Gasteiger partial charge is 0.348 e. The third-order valence-corrected chi connectivity index (χ3v) is 5.46. The Labute approximate surface area is 185 Å². The lowest BCUT2D eigenvalue weighted by atomic mass is 10.1. The summed E-state index contributed by atoms with van der Waals surface area (Å²) in [6.45, 7) is 2.06. The Morgan fingerprint density at radius 3 is 2.42 bits per heavy atom. The maximum Gasteiger partial charge on any atom is 0.201 e. The second-order valence-corrected chi connectivity index (χ2v) is 7.81. The maximum absolute atomic E-state index is 5.98. The summed E-state index contributed by atoms with van der Waals surface area (Å²) in [7, 11) is 0. The van der Waals surface area contributed by atoms with Gasteiger partial charge < -0.3 is 10.3 Å². The number of H-pyrrole nitrogens is 1. The van der Waals surface area contributed by atoms with Gasteiger partial charge >= 0.3 is 0 Å². The predicted molar refractivity (Wildman–Crippen MR) is 126 cm³/mol. The van der Waals surface area contributed by atoms with Crippen molar-refractivity contribution in [1.29, 1.82) is 0 Å². The molecule has 0 radical (unpaired) electrons. The summed E-state index contributed by atoms with van der Waals surface area (Å²) in [5.41, 5.74) is 6.90. The van der Waals surface area contributed by atoms with Crippen LogP contribution < -0.4 is 5.32 Å². The number of hydrogen-bond acceptors (Lipinski definition) is 4. The van der Waals surface area contributed by atoms with E-state index in [0.717, 1.165) is 50.1 Å². The molecule has 0 amide bonds. The summed E-state index contributed by atoms with van der Waals surface area (Å²) in [5, 5.41) is 4.11. The lowest BCUT2D eigenvalue weighted by molar-refractivity contribution is 0.827. The topological polar surface area (TPSA) is 66.5 Å². The van der Waals surface area contributed by atoms with Crippen molar-refractivity contribution in [1.82, 2.24) is 19.9 Å². The highest BCUT2D eigenvalue weighted by Crippen LogP contribution is 2.27. The minimum Gasteiger partial charge on any atom is -0.348 e. The molecule has 3 heterocycles. The zero-order valence-electron chi connectivity index (χ0n) is 16.9. The Balaban J connectivity index is 1.38. The number of aromatic nitrogens is 4. The number of imidazole rings is 1. The third-order valence-electron chi connectivity index (χ3n) is 5.20. The molecule has 5 rings (SSSR count). The van der Waals surface area contributed by atoms with Gasteiger partial charge in [0.05, 0.1) is 28.5 Å². The maximum atomic E-state index is 5.98. The average Bonchev–Trinajstić information content (AvgIpc) is 3.22. The van der Waals surface area contributed by atoms with E-state index in [4.69, 9.17) is 11.6 Å². The summed E-state index contributed by atoms with van der Waals surface area (Å²) in [6, 6.07) is 23.9. The highest BCUT2D eigenvalue weighted by Gasteiger charge is 2.10. The van der Waals surface area contributed by atoms with Crippen molar-refractivity contribution < 1.29 is 0 Å². The van der Waals surface area contributed by atoms with Crippen LogP contribution in [0.25, 0.3) is 33.4 Å². The lowest BCUT2D eigenvalue weighted by Gasteiger charge is -2.11. The van der Waals surface area contributed by atoms with Crippen LogP contribution in [0.1, 0.15) is 18.7 Å².